The average molecular weight is 431 g/mol. The molecule has 3 heterocycles. The number of thioether (sulfide) groups is 1. The lowest BCUT2D eigenvalue weighted by Crippen LogP contribution is -2.26. The number of hydrogen-bond acceptors (Lipinski definition) is 9. The molecule has 0 radical (unpaired) electrons. The van der Waals surface area contributed by atoms with Gasteiger partial charge in [0.05, 0.1) is 35.2 Å². The summed E-state index contributed by atoms with van der Waals surface area (Å²) in [6.07, 6.45) is 2.38. The second kappa shape index (κ2) is 9.35. The van der Waals surface area contributed by atoms with E-state index in [1.807, 2.05) is 6.92 Å². The van der Waals surface area contributed by atoms with Crippen LogP contribution in [-0.4, -0.2) is 37.7 Å². The van der Waals surface area contributed by atoms with E-state index in [0.717, 1.165) is 23.5 Å². The van der Waals surface area contributed by atoms with E-state index in [1.165, 1.54) is 11.8 Å². The van der Waals surface area contributed by atoms with E-state index in [9.17, 15) is 9.90 Å². The summed E-state index contributed by atoms with van der Waals surface area (Å²) in [4.78, 5) is 27.8. The quantitative estimate of drug-likeness (QED) is 0.367. The third-order valence-electron chi connectivity index (χ3n) is 4.19. The number of pyridine rings is 1. The van der Waals surface area contributed by atoms with Crippen molar-refractivity contribution < 1.29 is 5.11 Å². The van der Waals surface area contributed by atoms with Gasteiger partial charge in [-0.25, -0.2) is 9.97 Å². The van der Waals surface area contributed by atoms with Gasteiger partial charge in [-0.3, -0.25) is 14.8 Å². The molecule has 2 atom stereocenters. The van der Waals surface area contributed by atoms with Crippen molar-refractivity contribution >= 4 is 39.3 Å². The van der Waals surface area contributed by atoms with Gasteiger partial charge in [-0.15, -0.1) is 0 Å². The van der Waals surface area contributed by atoms with Gasteiger partial charge in [-0.05, 0) is 31.4 Å². The van der Waals surface area contributed by atoms with E-state index < -0.39 is 0 Å². The lowest BCUT2D eigenvalue weighted by molar-refractivity contribution is 0.259. The zero-order valence-electron chi connectivity index (χ0n) is 16.3. The number of nitriles is 1. The fourth-order valence-electron chi connectivity index (χ4n) is 2.88. The molecule has 0 aliphatic heterocycles. The van der Waals surface area contributed by atoms with Crippen LogP contribution in [0.5, 0.6) is 0 Å². The largest absolute Gasteiger partial charge is 0.394 e. The van der Waals surface area contributed by atoms with Gasteiger partial charge in [-0.1, -0.05) is 36.9 Å². The first kappa shape index (κ1) is 21.2. The molecule has 3 aromatic heterocycles. The monoisotopic (exact) mass is 430 g/mol. The second-order valence-electron chi connectivity index (χ2n) is 7.04. The molecule has 0 spiro atoms. The molecule has 0 amide bonds. The molecular weight excluding hydrogens is 408 g/mol. The number of H-pyrrole nitrogens is 1. The normalized spacial score (nSPS) is 13.4. The Hall–Kier alpha value is -2.48. The minimum absolute atomic E-state index is 0.0350. The van der Waals surface area contributed by atoms with Crippen molar-refractivity contribution in [1.82, 2.24) is 19.9 Å². The van der Waals surface area contributed by atoms with Crippen molar-refractivity contribution in [2.24, 2.45) is 5.92 Å². The van der Waals surface area contributed by atoms with Gasteiger partial charge in [0.2, 0.25) is 0 Å². The first-order valence-corrected chi connectivity index (χ1v) is 10.9. The van der Waals surface area contributed by atoms with E-state index in [-0.39, 0.29) is 22.8 Å². The summed E-state index contributed by atoms with van der Waals surface area (Å²) in [6.45, 7) is 6.09. The summed E-state index contributed by atoms with van der Waals surface area (Å²) in [6, 6.07) is 5.34. The maximum atomic E-state index is 11.9. The van der Waals surface area contributed by atoms with Crippen molar-refractivity contribution in [3.05, 3.63) is 39.3 Å². The first-order chi connectivity index (χ1) is 13.9. The molecule has 1 unspecified atom stereocenters. The van der Waals surface area contributed by atoms with Crippen LogP contribution in [-0.2, 0) is 0 Å². The Labute approximate surface area is 176 Å². The molecule has 3 N–H and O–H groups in total. The SMILES string of the molecule is CC(C)C[C@H](CO)Nc1nc(SC(C)c2cc(C#N)ccn2)nc2[nH]c(=O)sc12. The van der Waals surface area contributed by atoms with Crippen LogP contribution in [0.3, 0.4) is 0 Å². The summed E-state index contributed by atoms with van der Waals surface area (Å²) >= 11 is 2.43. The van der Waals surface area contributed by atoms with Crippen molar-refractivity contribution in [3.63, 3.8) is 0 Å². The van der Waals surface area contributed by atoms with Gasteiger partial charge in [-0.2, -0.15) is 5.26 Å². The fraction of sp³-hybridized carbons (Fsp3) is 0.421. The van der Waals surface area contributed by atoms with Crippen molar-refractivity contribution in [2.45, 2.75) is 43.6 Å². The van der Waals surface area contributed by atoms with Crippen LogP contribution < -0.4 is 10.2 Å². The maximum Gasteiger partial charge on any atom is 0.306 e. The number of aliphatic hydroxyl groups excluding tert-OH is 1. The van der Waals surface area contributed by atoms with E-state index >= 15 is 0 Å². The Morgan fingerprint density at radius 1 is 1.38 bits per heavy atom. The molecular formula is C19H22N6O2S2. The third kappa shape index (κ3) is 5.32. The maximum absolute atomic E-state index is 11.9. The summed E-state index contributed by atoms with van der Waals surface area (Å²) in [5, 5.41) is 22.5. The molecule has 29 heavy (non-hydrogen) atoms. The predicted octanol–water partition coefficient (Wildman–Crippen LogP) is 3.32. The molecule has 0 saturated carbocycles. The van der Waals surface area contributed by atoms with Crippen LogP contribution in [0.2, 0.25) is 0 Å². The summed E-state index contributed by atoms with van der Waals surface area (Å²) < 4.78 is 0.638. The summed E-state index contributed by atoms with van der Waals surface area (Å²) in [5.41, 5.74) is 1.76. The Morgan fingerprint density at radius 2 is 2.17 bits per heavy atom. The van der Waals surface area contributed by atoms with Gasteiger partial charge >= 0.3 is 4.87 Å². The smallest absolute Gasteiger partial charge is 0.306 e. The number of aromatic amines is 1. The molecule has 10 heteroatoms. The topological polar surface area (TPSA) is 128 Å². The third-order valence-corrected chi connectivity index (χ3v) is 6.05. The highest BCUT2D eigenvalue weighted by Crippen LogP contribution is 2.34. The number of fused-ring (bicyclic) bond motifs is 1. The van der Waals surface area contributed by atoms with Crippen LogP contribution >= 0.6 is 23.1 Å². The zero-order chi connectivity index (χ0) is 21.0. The molecule has 0 aromatic carbocycles. The van der Waals surface area contributed by atoms with Crippen LogP contribution in [0.4, 0.5) is 5.82 Å². The number of nitrogens with zero attached hydrogens (tertiary/aromatic N) is 4. The number of hydrogen-bond donors (Lipinski definition) is 3. The molecule has 0 saturated heterocycles. The standard InChI is InChI=1S/C19H22N6O2S2/c1-10(2)6-13(9-26)22-16-15-17(25-19(27)29-15)24-18(23-16)28-11(3)14-7-12(8-20)4-5-21-14/h4-5,7,10-11,13,26H,6,9H2,1-3H3,(H2,22,23,24,25,27)/t11?,13-/m1/s1. The highest BCUT2D eigenvalue weighted by atomic mass is 32.2. The van der Waals surface area contributed by atoms with E-state index in [4.69, 9.17) is 5.26 Å². The molecule has 0 aliphatic rings. The Kier molecular flexibility index (Phi) is 6.84. The molecule has 8 nitrogen and oxygen atoms in total. The molecule has 0 bridgehead atoms. The zero-order valence-corrected chi connectivity index (χ0v) is 18.0. The second-order valence-corrected chi connectivity index (χ2v) is 9.33. The molecule has 3 aromatic rings. The van der Waals surface area contributed by atoms with E-state index in [1.54, 1.807) is 18.3 Å². The summed E-state index contributed by atoms with van der Waals surface area (Å²) in [7, 11) is 0. The van der Waals surface area contributed by atoms with Gasteiger partial charge in [0, 0.05) is 6.20 Å². The molecule has 0 fully saturated rings. The van der Waals surface area contributed by atoms with Gasteiger partial charge in [0.1, 0.15) is 4.70 Å². The van der Waals surface area contributed by atoms with Gasteiger partial charge in [0.15, 0.2) is 16.6 Å². The van der Waals surface area contributed by atoms with Crippen molar-refractivity contribution in [3.8, 4) is 6.07 Å². The first-order valence-electron chi connectivity index (χ1n) is 9.20. The van der Waals surface area contributed by atoms with Crippen LogP contribution in [0.15, 0.2) is 28.3 Å². The number of aromatic nitrogens is 4. The molecule has 0 aliphatic carbocycles. The fourth-order valence-corrected chi connectivity index (χ4v) is 4.46. The Bertz CT molecular complexity index is 1090. The van der Waals surface area contributed by atoms with Crippen molar-refractivity contribution in [2.75, 3.05) is 11.9 Å². The Morgan fingerprint density at radius 3 is 2.86 bits per heavy atom. The highest BCUT2D eigenvalue weighted by molar-refractivity contribution is 7.99. The van der Waals surface area contributed by atoms with Gasteiger partial charge < -0.3 is 10.4 Å². The number of aliphatic hydroxyl groups is 1. The van der Waals surface area contributed by atoms with Gasteiger partial charge in [0.25, 0.3) is 0 Å². The summed E-state index contributed by atoms with van der Waals surface area (Å²) in [5.74, 6) is 0.931. The van der Waals surface area contributed by atoms with E-state index in [0.29, 0.717) is 32.8 Å². The molecule has 3 rings (SSSR count). The van der Waals surface area contributed by atoms with Crippen molar-refractivity contribution in [1.29, 1.82) is 5.26 Å². The van der Waals surface area contributed by atoms with Crippen LogP contribution in [0.1, 0.15) is 43.7 Å². The predicted molar refractivity (Wildman–Crippen MR) is 115 cm³/mol. The Balaban J connectivity index is 1.92. The number of rotatable bonds is 8. The number of anilines is 1. The van der Waals surface area contributed by atoms with E-state index in [2.05, 4.69) is 45.2 Å². The number of nitrogens with one attached hydrogen (secondary N) is 2. The highest BCUT2D eigenvalue weighted by Gasteiger charge is 2.19. The minimum atomic E-state index is -0.208. The average Bonchev–Trinajstić information content (AvgIpc) is 3.07. The molecule has 152 valence electrons. The minimum Gasteiger partial charge on any atom is -0.394 e. The van der Waals surface area contributed by atoms with Crippen LogP contribution in [0, 0.1) is 17.2 Å². The van der Waals surface area contributed by atoms with Crippen LogP contribution in [0.25, 0.3) is 10.3 Å². The lowest BCUT2D eigenvalue weighted by atomic mass is 10.0. The lowest BCUT2D eigenvalue weighted by Gasteiger charge is -2.19. The number of thiazole rings is 1.